The molecule has 1 fully saturated rings. The lowest BCUT2D eigenvalue weighted by Gasteiger charge is -2.15. The zero-order valence-electron chi connectivity index (χ0n) is 13.7. The van der Waals surface area contributed by atoms with Crippen LogP contribution in [0, 0.1) is 5.92 Å². The molecular formula is C19H25ClN2O2. The van der Waals surface area contributed by atoms with Crippen molar-refractivity contribution >= 4 is 29.1 Å². The number of rotatable bonds is 6. The molecule has 0 heterocycles. The molecule has 1 aliphatic carbocycles. The van der Waals surface area contributed by atoms with Gasteiger partial charge in [-0.2, -0.15) is 0 Å². The Morgan fingerprint density at radius 2 is 1.96 bits per heavy atom. The monoisotopic (exact) mass is 348 g/mol. The van der Waals surface area contributed by atoms with E-state index in [4.69, 9.17) is 10.5 Å². The van der Waals surface area contributed by atoms with Gasteiger partial charge < -0.3 is 15.8 Å². The van der Waals surface area contributed by atoms with E-state index in [9.17, 15) is 4.79 Å². The molecule has 2 atom stereocenters. The summed E-state index contributed by atoms with van der Waals surface area (Å²) in [6, 6.07) is 14.4. The van der Waals surface area contributed by atoms with Gasteiger partial charge in [0.05, 0.1) is 6.54 Å². The van der Waals surface area contributed by atoms with Gasteiger partial charge >= 0.3 is 0 Å². The van der Waals surface area contributed by atoms with Crippen LogP contribution in [0.3, 0.4) is 0 Å². The number of carbonyl (C=O) groups excluding carboxylic acids is 1. The second-order valence-electron chi connectivity index (χ2n) is 6.27. The van der Waals surface area contributed by atoms with Crippen LogP contribution in [0.25, 0.3) is 10.8 Å². The summed E-state index contributed by atoms with van der Waals surface area (Å²) >= 11 is 0. The van der Waals surface area contributed by atoms with Crippen molar-refractivity contribution in [1.29, 1.82) is 0 Å². The molecule has 2 aromatic carbocycles. The Labute approximate surface area is 149 Å². The van der Waals surface area contributed by atoms with Gasteiger partial charge in [-0.1, -0.05) is 36.8 Å². The van der Waals surface area contributed by atoms with Crippen molar-refractivity contribution in [2.45, 2.75) is 31.7 Å². The van der Waals surface area contributed by atoms with Crippen LogP contribution >= 0.6 is 12.4 Å². The molecule has 3 N–H and O–H groups in total. The van der Waals surface area contributed by atoms with Crippen molar-refractivity contribution in [2.24, 2.45) is 11.7 Å². The molecule has 0 aromatic heterocycles. The van der Waals surface area contributed by atoms with Crippen LogP contribution in [0.2, 0.25) is 0 Å². The Bertz CT molecular complexity index is 677. The average Bonchev–Trinajstić information content (AvgIpc) is 2.96. The summed E-state index contributed by atoms with van der Waals surface area (Å²) in [7, 11) is 0. The first kappa shape index (κ1) is 18.6. The SMILES string of the molecule is Cl.N[C@@H]1CCC[C@H]1CC(=O)NCCOc1ccc2ccccc2c1. The molecule has 1 saturated carbocycles. The molecule has 0 saturated heterocycles. The molecule has 24 heavy (non-hydrogen) atoms. The predicted octanol–water partition coefficient (Wildman–Crippen LogP) is 3.27. The average molecular weight is 349 g/mol. The molecule has 0 radical (unpaired) electrons. The molecule has 0 aliphatic heterocycles. The normalized spacial score (nSPS) is 19.7. The number of hydrogen-bond donors (Lipinski definition) is 2. The maximum atomic E-state index is 11.9. The van der Waals surface area contributed by atoms with Crippen LogP contribution in [0.5, 0.6) is 5.75 Å². The van der Waals surface area contributed by atoms with Gasteiger partial charge in [0.25, 0.3) is 0 Å². The maximum absolute atomic E-state index is 11.9. The smallest absolute Gasteiger partial charge is 0.220 e. The summed E-state index contributed by atoms with van der Waals surface area (Å²) in [6.45, 7) is 0.994. The lowest BCUT2D eigenvalue weighted by molar-refractivity contribution is -0.122. The van der Waals surface area contributed by atoms with E-state index in [0.29, 0.717) is 25.5 Å². The Morgan fingerprint density at radius 3 is 2.71 bits per heavy atom. The van der Waals surface area contributed by atoms with Crippen LogP contribution in [0.1, 0.15) is 25.7 Å². The van der Waals surface area contributed by atoms with Crippen LogP contribution < -0.4 is 15.8 Å². The van der Waals surface area contributed by atoms with Crippen molar-refractivity contribution in [3.8, 4) is 5.75 Å². The van der Waals surface area contributed by atoms with Crippen LogP contribution in [0.4, 0.5) is 0 Å². The number of hydrogen-bond acceptors (Lipinski definition) is 3. The third-order valence-corrected chi connectivity index (χ3v) is 4.58. The highest BCUT2D eigenvalue weighted by Crippen LogP contribution is 2.26. The summed E-state index contributed by atoms with van der Waals surface area (Å²) in [4.78, 5) is 11.9. The van der Waals surface area contributed by atoms with Gasteiger partial charge in [-0.25, -0.2) is 0 Å². The van der Waals surface area contributed by atoms with Crippen molar-refractivity contribution in [3.05, 3.63) is 42.5 Å². The quantitative estimate of drug-likeness (QED) is 0.787. The van der Waals surface area contributed by atoms with Crippen molar-refractivity contribution in [2.75, 3.05) is 13.2 Å². The van der Waals surface area contributed by atoms with Gasteiger partial charge in [0.2, 0.25) is 5.91 Å². The highest BCUT2D eigenvalue weighted by atomic mass is 35.5. The molecule has 1 aliphatic rings. The Hall–Kier alpha value is -1.78. The molecule has 0 unspecified atom stereocenters. The van der Waals surface area contributed by atoms with Gasteiger partial charge in [0, 0.05) is 12.5 Å². The number of nitrogens with one attached hydrogen (secondary N) is 1. The lowest BCUT2D eigenvalue weighted by Crippen LogP contribution is -2.33. The number of benzene rings is 2. The van der Waals surface area contributed by atoms with Crippen molar-refractivity contribution in [3.63, 3.8) is 0 Å². The van der Waals surface area contributed by atoms with Crippen molar-refractivity contribution in [1.82, 2.24) is 5.32 Å². The third-order valence-electron chi connectivity index (χ3n) is 4.58. The second kappa shape index (κ2) is 8.90. The van der Waals surface area contributed by atoms with E-state index < -0.39 is 0 Å². The third kappa shape index (κ3) is 4.86. The maximum Gasteiger partial charge on any atom is 0.220 e. The largest absolute Gasteiger partial charge is 0.492 e. The Kier molecular flexibility index (Phi) is 6.88. The van der Waals surface area contributed by atoms with Gasteiger partial charge in [-0.15, -0.1) is 12.4 Å². The van der Waals surface area contributed by atoms with Gasteiger partial charge in [0.1, 0.15) is 12.4 Å². The minimum atomic E-state index is 0. The molecular weight excluding hydrogens is 324 g/mol. The lowest BCUT2D eigenvalue weighted by atomic mass is 10.00. The standard InChI is InChI=1S/C19H24N2O2.ClH/c20-18-7-3-6-16(18)13-19(22)21-10-11-23-17-9-8-14-4-1-2-5-15(14)12-17;/h1-2,4-5,8-9,12,16,18H,3,6-7,10-11,13,20H2,(H,21,22);1H/t16-,18+;/m0./s1. The molecule has 2 aromatic rings. The zero-order valence-corrected chi connectivity index (χ0v) is 14.6. The molecule has 0 bridgehead atoms. The molecule has 130 valence electrons. The first-order valence-electron chi connectivity index (χ1n) is 8.36. The second-order valence-corrected chi connectivity index (χ2v) is 6.27. The fourth-order valence-electron chi connectivity index (χ4n) is 3.25. The van der Waals surface area contributed by atoms with E-state index in [1.165, 1.54) is 5.39 Å². The number of ether oxygens (including phenoxy) is 1. The number of nitrogens with two attached hydrogens (primary N) is 1. The minimum absolute atomic E-state index is 0. The van der Waals surface area contributed by atoms with E-state index in [2.05, 4.69) is 17.4 Å². The van der Waals surface area contributed by atoms with E-state index in [-0.39, 0.29) is 24.4 Å². The molecule has 4 nitrogen and oxygen atoms in total. The number of fused-ring (bicyclic) bond motifs is 1. The Balaban J connectivity index is 0.00000208. The molecule has 5 heteroatoms. The number of halogens is 1. The highest BCUT2D eigenvalue weighted by molar-refractivity contribution is 5.85. The first-order valence-corrected chi connectivity index (χ1v) is 8.36. The predicted molar refractivity (Wildman–Crippen MR) is 99.6 cm³/mol. The van der Waals surface area contributed by atoms with Crippen LogP contribution in [0.15, 0.2) is 42.5 Å². The molecule has 3 rings (SSSR count). The van der Waals surface area contributed by atoms with E-state index in [1.807, 2.05) is 30.3 Å². The van der Waals surface area contributed by atoms with E-state index in [1.54, 1.807) is 0 Å². The summed E-state index contributed by atoms with van der Waals surface area (Å²) in [5, 5.41) is 5.27. The summed E-state index contributed by atoms with van der Waals surface area (Å²) in [5.74, 6) is 1.25. The van der Waals surface area contributed by atoms with Crippen LogP contribution in [-0.2, 0) is 4.79 Å². The van der Waals surface area contributed by atoms with E-state index >= 15 is 0 Å². The highest BCUT2D eigenvalue weighted by Gasteiger charge is 2.25. The Morgan fingerprint density at radius 1 is 1.17 bits per heavy atom. The summed E-state index contributed by atoms with van der Waals surface area (Å²) in [6.07, 6.45) is 3.80. The fourth-order valence-corrected chi connectivity index (χ4v) is 3.25. The molecule has 0 spiro atoms. The van der Waals surface area contributed by atoms with Gasteiger partial charge in [-0.05, 0) is 41.7 Å². The van der Waals surface area contributed by atoms with E-state index in [0.717, 1.165) is 30.4 Å². The first-order chi connectivity index (χ1) is 11.2. The fraction of sp³-hybridized carbons (Fsp3) is 0.421. The minimum Gasteiger partial charge on any atom is -0.492 e. The summed E-state index contributed by atoms with van der Waals surface area (Å²) in [5.41, 5.74) is 6.00. The van der Waals surface area contributed by atoms with Crippen molar-refractivity contribution < 1.29 is 9.53 Å². The number of carbonyl (C=O) groups is 1. The molecule has 1 amide bonds. The topological polar surface area (TPSA) is 64.4 Å². The number of amides is 1. The van der Waals surface area contributed by atoms with Crippen LogP contribution in [-0.4, -0.2) is 25.1 Å². The van der Waals surface area contributed by atoms with Gasteiger partial charge in [0.15, 0.2) is 0 Å². The summed E-state index contributed by atoms with van der Waals surface area (Å²) < 4.78 is 5.72. The zero-order chi connectivity index (χ0) is 16.1. The van der Waals surface area contributed by atoms with Gasteiger partial charge in [-0.3, -0.25) is 4.79 Å².